The smallest absolute Gasteiger partial charge is 0.321 e. The van der Waals surface area contributed by atoms with Crippen LogP contribution in [0.4, 0.5) is 18.7 Å². The van der Waals surface area contributed by atoms with E-state index in [4.69, 9.17) is 0 Å². The number of carbonyl (C=O) groups is 1. The lowest BCUT2D eigenvalue weighted by Gasteiger charge is -2.22. The van der Waals surface area contributed by atoms with Crippen LogP contribution in [-0.2, 0) is 5.60 Å². The van der Waals surface area contributed by atoms with Crippen molar-refractivity contribution in [1.29, 1.82) is 0 Å². The van der Waals surface area contributed by atoms with Gasteiger partial charge in [0.25, 0.3) is 6.43 Å². The zero-order chi connectivity index (χ0) is 15.5. The van der Waals surface area contributed by atoms with Gasteiger partial charge in [0.15, 0.2) is 5.01 Å². The lowest BCUT2D eigenvalue weighted by Crippen LogP contribution is -2.40. The van der Waals surface area contributed by atoms with E-state index in [1.54, 1.807) is 18.4 Å². The molecule has 6 nitrogen and oxygen atoms in total. The number of urea groups is 1. The predicted molar refractivity (Wildman–Crippen MR) is 75.8 cm³/mol. The van der Waals surface area contributed by atoms with Crippen LogP contribution in [0.15, 0.2) is 16.8 Å². The molecule has 0 bridgehead atoms. The third-order valence-electron chi connectivity index (χ3n) is 2.58. The normalized spacial score (nSPS) is 14.0. The van der Waals surface area contributed by atoms with Gasteiger partial charge in [-0.3, -0.25) is 5.32 Å². The number of hydrogen-bond acceptors (Lipinski definition) is 6. The van der Waals surface area contributed by atoms with E-state index in [1.165, 1.54) is 11.3 Å². The number of anilines is 1. The summed E-state index contributed by atoms with van der Waals surface area (Å²) in [5.41, 5.74) is -0.532. The van der Waals surface area contributed by atoms with Crippen molar-refractivity contribution < 1.29 is 18.7 Å². The number of amides is 2. The Morgan fingerprint density at radius 1 is 1.52 bits per heavy atom. The molecule has 0 aliphatic heterocycles. The highest BCUT2D eigenvalue weighted by Gasteiger charge is 2.24. The predicted octanol–water partition coefficient (Wildman–Crippen LogP) is 2.57. The Morgan fingerprint density at radius 2 is 2.29 bits per heavy atom. The molecule has 10 heteroatoms. The number of rotatable bonds is 5. The molecule has 114 valence electrons. The van der Waals surface area contributed by atoms with Gasteiger partial charge < -0.3 is 10.4 Å². The monoisotopic (exact) mass is 334 g/mol. The first-order valence-electron chi connectivity index (χ1n) is 5.80. The first-order valence-corrected chi connectivity index (χ1v) is 7.56. The summed E-state index contributed by atoms with van der Waals surface area (Å²) in [7, 11) is 0. The molecule has 2 amide bonds. The fraction of sp³-hybridized carbons (Fsp3) is 0.364. The average Bonchev–Trinajstić information content (AvgIpc) is 3.07. The van der Waals surface area contributed by atoms with Crippen LogP contribution < -0.4 is 10.6 Å². The maximum Gasteiger partial charge on any atom is 0.321 e. The standard InChI is InChI=1S/C11H12F2N4O2S2/c1-11(19,6-2-3-20-4-6)5-14-9(18)15-10-17-16-8(21-10)7(12)13/h2-4,7,19H,5H2,1H3,(H2,14,15,17,18)/t11-/m1/s1. The number of thiophene rings is 1. The summed E-state index contributed by atoms with van der Waals surface area (Å²) in [4.78, 5) is 11.6. The molecule has 2 heterocycles. The van der Waals surface area contributed by atoms with Gasteiger partial charge in [-0.05, 0) is 29.3 Å². The van der Waals surface area contributed by atoms with Gasteiger partial charge in [0.2, 0.25) is 5.13 Å². The zero-order valence-electron chi connectivity index (χ0n) is 10.8. The van der Waals surface area contributed by atoms with E-state index >= 15 is 0 Å². The number of hydrogen-bond donors (Lipinski definition) is 3. The molecule has 0 unspecified atom stereocenters. The molecular formula is C11H12F2N4O2S2. The first-order chi connectivity index (χ1) is 9.88. The third-order valence-corrected chi connectivity index (χ3v) is 4.11. The van der Waals surface area contributed by atoms with Crippen molar-refractivity contribution in [1.82, 2.24) is 15.5 Å². The lowest BCUT2D eigenvalue weighted by atomic mass is 9.99. The van der Waals surface area contributed by atoms with Gasteiger partial charge in [0.05, 0.1) is 6.54 Å². The molecule has 0 saturated heterocycles. The van der Waals surface area contributed by atoms with Gasteiger partial charge in [0, 0.05) is 0 Å². The van der Waals surface area contributed by atoms with Crippen LogP contribution in [0.25, 0.3) is 0 Å². The molecule has 0 radical (unpaired) electrons. The van der Waals surface area contributed by atoms with Gasteiger partial charge in [-0.1, -0.05) is 11.3 Å². The molecule has 0 spiro atoms. The summed E-state index contributed by atoms with van der Waals surface area (Å²) in [6.07, 6.45) is -2.72. The molecule has 0 aromatic carbocycles. The molecule has 0 fully saturated rings. The largest absolute Gasteiger partial charge is 0.384 e. The molecular weight excluding hydrogens is 322 g/mol. The van der Waals surface area contributed by atoms with Crippen molar-refractivity contribution in [2.24, 2.45) is 0 Å². The van der Waals surface area contributed by atoms with Crippen LogP contribution in [0, 0.1) is 0 Å². The Bertz CT molecular complexity index is 601. The van der Waals surface area contributed by atoms with Gasteiger partial charge in [-0.25, -0.2) is 13.6 Å². The summed E-state index contributed by atoms with van der Waals surface area (Å²) < 4.78 is 24.7. The van der Waals surface area contributed by atoms with E-state index < -0.39 is 23.1 Å². The number of nitrogens with zero attached hydrogens (tertiary/aromatic N) is 2. The van der Waals surface area contributed by atoms with Gasteiger partial charge in [0.1, 0.15) is 5.60 Å². The zero-order valence-corrected chi connectivity index (χ0v) is 12.5. The number of halogens is 2. The van der Waals surface area contributed by atoms with Gasteiger partial charge in [-0.2, -0.15) is 11.3 Å². The van der Waals surface area contributed by atoms with Crippen LogP contribution in [-0.4, -0.2) is 27.9 Å². The van der Waals surface area contributed by atoms with Gasteiger partial charge >= 0.3 is 6.03 Å². The molecule has 2 aromatic heterocycles. The minimum atomic E-state index is -2.72. The topological polar surface area (TPSA) is 87.1 Å². The second-order valence-electron chi connectivity index (χ2n) is 4.34. The summed E-state index contributed by atoms with van der Waals surface area (Å²) >= 11 is 2.03. The van der Waals surface area contributed by atoms with E-state index in [-0.39, 0.29) is 11.7 Å². The van der Waals surface area contributed by atoms with Crippen molar-refractivity contribution in [3.8, 4) is 0 Å². The number of aliphatic hydroxyl groups is 1. The Hall–Kier alpha value is -1.65. The quantitative estimate of drug-likeness (QED) is 0.784. The molecule has 2 aromatic rings. The number of carbonyl (C=O) groups excluding carboxylic acids is 1. The lowest BCUT2D eigenvalue weighted by molar-refractivity contribution is 0.0604. The van der Waals surface area contributed by atoms with Crippen LogP contribution in [0.5, 0.6) is 0 Å². The highest BCUT2D eigenvalue weighted by Crippen LogP contribution is 2.25. The number of nitrogens with one attached hydrogen (secondary N) is 2. The molecule has 1 atom stereocenters. The Morgan fingerprint density at radius 3 is 2.86 bits per heavy atom. The fourth-order valence-corrected chi connectivity index (χ4v) is 2.82. The molecule has 21 heavy (non-hydrogen) atoms. The summed E-state index contributed by atoms with van der Waals surface area (Å²) in [5, 5.41) is 24.7. The average molecular weight is 334 g/mol. The summed E-state index contributed by atoms with van der Waals surface area (Å²) in [6, 6.07) is 1.10. The van der Waals surface area contributed by atoms with E-state index in [1.807, 2.05) is 5.38 Å². The third kappa shape index (κ3) is 4.16. The van der Waals surface area contributed by atoms with Crippen LogP contribution in [0.3, 0.4) is 0 Å². The second-order valence-corrected chi connectivity index (χ2v) is 6.13. The number of alkyl halides is 2. The molecule has 0 saturated carbocycles. The second kappa shape index (κ2) is 6.41. The SMILES string of the molecule is C[C@@](O)(CNC(=O)Nc1nnc(C(F)F)s1)c1ccsc1. The Kier molecular flexibility index (Phi) is 4.80. The fourth-order valence-electron chi connectivity index (χ4n) is 1.44. The van der Waals surface area contributed by atoms with Crippen LogP contribution in [0.1, 0.15) is 23.9 Å². The first kappa shape index (κ1) is 15.7. The van der Waals surface area contributed by atoms with Crippen LogP contribution >= 0.6 is 22.7 Å². The molecule has 0 aliphatic carbocycles. The molecule has 2 rings (SSSR count). The van der Waals surface area contributed by atoms with E-state index in [2.05, 4.69) is 20.8 Å². The van der Waals surface area contributed by atoms with E-state index in [0.29, 0.717) is 16.9 Å². The van der Waals surface area contributed by atoms with Crippen molar-refractivity contribution >= 4 is 33.8 Å². The Balaban J connectivity index is 1.87. The van der Waals surface area contributed by atoms with Crippen molar-refractivity contribution in [2.45, 2.75) is 19.0 Å². The highest BCUT2D eigenvalue weighted by molar-refractivity contribution is 7.15. The molecule has 0 aliphatic rings. The van der Waals surface area contributed by atoms with Gasteiger partial charge in [-0.15, -0.1) is 10.2 Å². The van der Waals surface area contributed by atoms with Crippen molar-refractivity contribution in [3.63, 3.8) is 0 Å². The summed E-state index contributed by atoms with van der Waals surface area (Å²) in [5.74, 6) is 0. The Labute approximate surface area is 126 Å². The number of aromatic nitrogens is 2. The summed E-state index contributed by atoms with van der Waals surface area (Å²) in [6.45, 7) is 1.53. The van der Waals surface area contributed by atoms with Crippen molar-refractivity contribution in [2.75, 3.05) is 11.9 Å². The van der Waals surface area contributed by atoms with Crippen molar-refractivity contribution in [3.05, 3.63) is 27.4 Å². The molecule has 3 N–H and O–H groups in total. The maximum absolute atomic E-state index is 12.3. The minimum Gasteiger partial charge on any atom is -0.384 e. The van der Waals surface area contributed by atoms with Crippen LogP contribution in [0.2, 0.25) is 0 Å². The highest BCUT2D eigenvalue weighted by atomic mass is 32.1. The minimum absolute atomic E-state index is 0.0297. The van der Waals surface area contributed by atoms with E-state index in [0.717, 1.165) is 0 Å². The van der Waals surface area contributed by atoms with E-state index in [9.17, 15) is 18.7 Å². The maximum atomic E-state index is 12.3.